The van der Waals surface area contributed by atoms with Crippen LogP contribution in [0, 0.1) is 0 Å². The summed E-state index contributed by atoms with van der Waals surface area (Å²) >= 11 is 8.74. The minimum absolute atomic E-state index is 0.205. The van der Waals surface area contributed by atoms with E-state index >= 15 is 0 Å². The predicted octanol–water partition coefficient (Wildman–Crippen LogP) is 3.02. The third-order valence-corrected chi connectivity index (χ3v) is 6.08. The number of hydrogen-bond donors (Lipinski definition) is 2. The van der Waals surface area contributed by atoms with Crippen molar-refractivity contribution in [1.82, 2.24) is 25.2 Å². The van der Waals surface area contributed by atoms with Gasteiger partial charge in [-0.15, -0.1) is 23.1 Å². The first-order chi connectivity index (χ1) is 14.6. The molecule has 1 unspecified atom stereocenters. The number of halogens is 1. The fourth-order valence-corrected chi connectivity index (χ4v) is 4.09. The lowest BCUT2D eigenvalue weighted by molar-refractivity contribution is -0.127. The molecule has 0 aliphatic rings. The Labute approximate surface area is 188 Å². The molecule has 2 heterocycles. The molecule has 7 nitrogen and oxygen atoms in total. The van der Waals surface area contributed by atoms with E-state index < -0.39 is 6.04 Å². The maximum Gasteiger partial charge on any atom is 0.242 e. The highest BCUT2D eigenvalue weighted by atomic mass is 35.5. The van der Waals surface area contributed by atoms with Gasteiger partial charge < -0.3 is 15.2 Å². The molecule has 0 saturated heterocycles. The first-order valence-corrected chi connectivity index (χ1v) is 11.7. The zero-order chi connectivity index (χ0) is 21.2. The van der Waals surface area contributed by atoms with Crippen LogP contribution in [0.15, 0.2) is 58.8 Å². The van der Waals surface area contributed by atoms with Gasteiger partial charge in [0, 0.05) is 47.2 Å². The van der Waals surface area contributed by atoms with Gasteiger partial charge in [0.1, 0.15) is 6.04 Å². The molecule has 0 aliphatic carbocycles. The average Bonchev–Trinajstić information content (AvgIpc) is 3.44. The highest BCUT2D eigenvalue weighted by molar-refractivity contribution is 8.00. The van der Waals surface area contributed by atoms with Gasteiger partial charge in [-0.05, 0) is 30.7 Å². The quantitative estimate of drug-likeness (QED) is 0.337. The second kappa shape index (κ2) is 11.7. The molecule has 0 aliphatic heterocycles. The molecule has 2 aromatic heterocycles. The summed E-state index contributed by atoms with van der Waals surface area (Å²) in [6.45, 7) is 1.28. The van der Waals surface area contributed by atoms with Crippen molar-refractivity contribution in [1.29, 1.82) is 0 Å². The van der Waals surface area contributed by atoms with Gasteiger partial charge in [-0.1, -0.05) is 11.6 Å². The van der Waals surface area contributed by atoms with Crippen LogP contribution < -0.4 is 10.6 Å². The SMILES string of the molecule is O=C(CSc1ccc(Cl)cc1)NC(Cc1cscn1)C(=O)NCCCn1ccnc1. The predicted molar refractivity (Wildman–Crippen MR) is 120 cm³/mol. The fraction of sp³-hybridized carbons (Fsp3) is 0.300. The summed E-state index contributed by atoms with van der Waals surface area (Å²) in [5.74, 6) is -0.203. The number of thiazole rings is 1. The molecule has 0 saturated carbocycles. The Morgan fingerprint density at radius 2 is 2.10 bits per heavy atom. The average molecular weight is 464 g/mol. The van der Waals surface area contributed by atoms with Crippen LogP contribution in [0.5, 0.6) is 0 Å². The van der Waals surface area contributed by atoms with Gasteiger partial charge in [0.2, 0.25) is 11.8 Å². The lowest BCUT2D eigenvalue weighted by Gasteiger charge is -2.18. The normalized spacial score (nSPS) is 11.8. The highest BCUT2D eigenvalue weighted by Gasteiger charge is 2.22. The number of rotatable bonds is 11. The summed E-state index contributed by atoms with van der Waals surface area (Å²) in [4.78, 5) is 34.3. The first kappa shape index (κ1) is 22.3. The maximum atomic E-state index is 12.7. The lowest BCUT2D eigenvalue weighted by atomic mass is 10.1. The van der Waals surface area contributed by atoms with Crippen molar-refractivity contribution in [2.24, 2.45) is 0 Å². The first-order valence-electron chi connectivity index (χ1n) is 9.38. The summed E-state index contributed by atoms with van der Waals surface area (Å²) in [5.41, 5.74) is 2.50. The Kier molecular flexibility index (Phi) is 8.73. The van der Waals surface area contributed by atoms with Crippen LogP contribution in [0.3, 0.4) is 0 Å². The third kappa shape index (κ3) is 7.47. The monoisotopic (exact) mass is 463 g/mol. The van der Waals surface area contributed by atoms with Crippen LogP contribution in [0.4, 0.5) is 0 Å². The zero-order valence-corrected chi connectivity index (χ0v) is 18.6. The fourth-order valence-electron chi connectivity index (χ4n) is 2.69. The van der Waals surface area contributed by atoms with Crippen LogP contribution in [0.1, 0.15) is 12.1 Å². The van der Waals surface area contributed by atoms with Crippen LogP contribution >= 0.6 is 34.7 Å². The van der Waals surface area contributed by atoms with Crippen molar-refractivity contribution in [2.45, 2.75) is 30.3 Å². The van der Waals surface area contributed by atoms with Crippen LogP contribution in [-0.4, -0.2) is 44.7 Å². The number of nitrogens with one attached hydrogen (secondary N) is 2. The Hall–Kier alpha value is -2.36. The molecule has 3 rings (SSSR count). The summed E-state index contributed by atoms with van der Waals surface area (Å²) in [7, 11) is 0. The largest absolute Gasteiger partial charge is 0.354 e. The molecule has 10 heteroatoms. The summed E-state index contributed by atoms with van der Waals surface area (Å²) in [6.07, 6.45) is 6.47. The lowest BCUT2D eigenvalue weighted by Crippen LogP contribution is -2.48. The van der Waals surface area contributed by atoms with Crippen LogP contribution in [0.2, 0.25) is 5.02 Å². The van der Waals surface area contributed by atoms with Gasteiger partial charge in [-0.25, -0.2) is 9.97 Å². The van der Waals surface area contributed by atoms with E-state index in [1.54, 1.807) is 30.2 Å². The molecule has 0 spiro atoms. The number of thioether (sulfide) groups is 1. The Bertz CT molecular complexity index is 917. The number of hydrogen-bond acceptors (Lipinski definition) is 6. The van der Waals surface area contributed by atoms with Crippen molar-refractivity contribution in [3.63, 3.8) is 0 Å². The number of imidazole rings is 1. The number of nitrogens with zero attached hydrogens (tertiary/aromatic N) is 3. The van der Waals surface area contributed by atoms with Crippen LogP contribution in [0.25, 0.3) is 0 Å². The molecule has 0 bridgehead atoms. The molecule has 2 N–H and O–H groups in total. The van der Waals surface area contributed by atoms with Crippen molar-refractivity contribution >= 4 is 46.5 Å². The van der Waals surface area contributed by atoms with Gasteiger partial charge in [0.25, 0.3) is 0 Å². The zero-order valence-electron chi connectivity index (χ0n) is 16.2. The van der Waals surface area contributed by atoms with Gasteiger partial charge in [-0.3, -0.25) is 9.59 Å². The molecule has 2 amide bonds. The van der Waals surface area contributed by atoms with E-state index in [1.165, 1.54) is 23.1 Å². The molecule has 158 valence electrons. The van der Waals surface area contributed by atoms with E-state index in [2.05, 4.69) is 20.6 Å². The summed E-state index contributed by atoms with van der Waals surface area (Å²) in [5, 5.41) is 8.29. The van der Waals surface area contributed by atoms with Gasteiger partial charge in [0.15, 0.2) is 0 Å². The minimum atomic E-state index is -0.668. The number of aryl methyl sites for hydroxylation is 1. The maximum absolute atomic E-state index is 12.7. The number of carbonyl (C=O) groups excluding carboxylic acids is 2. The number of carbonyl (C=O) groups is 2. The Balaban J connectivity index is 1.49. The highest BCUT2D eigenvalue weighted by Crippen LogP contribution is 2.20. The van der Waals surface area contributed by atoms with E-state index in [0.29, 0.717) is 18.0 Å². The van der Waals surface area contributed by atoms with E-state index in [1.807, 2.05) is 28.3 Å². The summed E-state index contributed by atoms with van der Waals surface area (Å²) < 4.78 is 1.95. The molecule has 1 atom stereocenters. The Morgan fingerprint density at radius 3 is 2.80 bits per heavy atom. The minimum Gasteiger partial charge on any atom is -0.354 e. The molecule has 30 heavy (non-hydrogen) atoms. The molecule has 3 aromatic rings. The second-order valence-electron chi connectivity index (χ2n) is 6.49. The van der Waals surface area contributed by atoms with Crippen LogP contribution in [-0.2, 0) is 22.6 Å². The Morgan fingerprint density at radius 1 is 1.27 bits per heavy atom. The number of aromatic nitrogens is 3. The van der Waals surface area contributed by atoms with Crippen molar-refractivity contribution in [2.75, 3.05) is 12.3 Å². The topological polar surface area (TPSA) is 88.9 Å². The smallest absolute Gasteiger partial charge is 0.242 e. The van der Waals surface area contributed by atoms with Crippen molar-refractivity contribution in [3.05, 3.63) is 64.6 Å². The molecule has 0 fully saturated rings. The molecular weight excluding hydrogens is 442 g/mol. The standard InChI is InChI=1S/C20H22ClN5O2S2/c21-15-2-4-17(5-3-15)30-12-19(27)25-18(10-16-11-29-14-24-16)20(28)23-6-1-8-26-9-7-22-13-26/h2-5,7,9,11,13-14,18H,1,6,8,10,12H2,(H,23,28)(H,25,27). The van der Waals surface area contributed by atoms with E-state index in [-0.39, 0.29) is 17.6 Å². The molecular formula is C20H22ClN5O2S2. The summed E-state index contributed by atoms with van der Waals surface area (Å²) in [6, 6.07) is 6.62. The van der Waals surface area contributed by atoms with Gasteiger partial charge >= 0.3 is 0 Å². The second-order valence-corrected chi connectivity index (χ2v) is 8.70. The van der Waals surface area contributed by atoms with E-state index in [9.17, 15) is 9.59 Å². The number of benzene rings is 1. The molecule has 1 aromatic carbocycles. The van der Waals surface area contributed by atoms with Crippen molar-refractivity contribution < 1.29 is 9.59 Å². The van der Waals surface area contributed by atoms with Crippen molar-refractivity contribution in [3.8, 4) is 0 Å². The molecule has 0 radical (unpaired) electrons. The van der Waals surface area contributed by atoms with Gasteiger partial charge in [0.05, 0.1) is 23.3 Å². The van der Waals surface area contributed by atoms with Gasteiger partial charge in [-0.2, -0.15) is 0 Å². The van der Waals surface area contributed by atoms with E-state index in [4.69, 9.17) is 11.6 Å². The van der Waals surface area contributed by atoms with E-state index in [0.717, 1.165) is 23.6 Å². The number of amides is 2. The third-order valence-electron chi connectivity index (χ3n) is 4.18.